The van der Waals surface area contributed by atoms with Gasteiger partial charge in [0.05, 0.1) is 11.7 Å². The number of rotatable bonds is 1. The Kier molecular flexibility index (Phi) is 2.90. The van der Waals surface area contributed by atoms with Gasteiger partial charge in [0.1, 0.15) is 0 Å². The number of amides is 1. The van der Waals surface area contributed by atoms with E-state index in [9.17, 15) is 9.90 Å². The zero-order valence-electron chi connectivity index (χ0n) is 13.3. The van der Waals surface area contributed by atoms with Gasteiger partial charge in [-0.15, -0.1) is 0 Å². The minimum atomic E-state index is -0.155. The summed E-state index contributed by atoms with van der Waals surface area (Å²) in [6.07, 6.45) is 5.67. The first-order chi connectivity index (χ1) is 11.7. The van der Waals surface area contributed by atoms with Crippen LogP contribution in [0.5, 0.6) is 0 Å². The van der Waals surface area contributed by atoms with Crippen LogP contribution in [-0.2, 0) is 0 Å². The summed E-state index contributed by atoms with van der Waals surface area (Å²) >= 11 is 0. The van der Waals surface area contributed by atoms with Crippen LogP contribution in [0.25, 0.3) is 0 Å². The number of benzene rings is 1. The van der Waals surface area contributed by atoms with Crippen molar-refractivity contribution in [3.05, 3.63) is 35.4 Å². The van der Waals surface area contributed by atoms with E-state index in [0.29, 0.717) is 35.1 Å². The summed E-state index contributed by atoms with van der Waals surface area (Å²) in [5.41, 5.74) is 1.43. The van der Waals surface area contributed by atoms with E-state index in [4.69, 9.17) is 5.26 Å². The molecule has 0 radical (unpaired) electrons. The number of aliphatic imine (C=N–C) groups is 1. The molecule has 0 saturated heterocycles. The van der Waals surface area contributed by atoms with Crippen LogP contribution in [0.1, 0.15) is 41.6 Å². The van der Waals surface area contributed by atoms with Crippen molar-refractivity contribution >= 4 is 11.7 Å². The molecule has 6 rings (SSSR count). The summed E-state index contributed by atoms with van der Waals surface area (Å²) in [7, 11) is 0. The van der Waals surface area contributed by atoms with E-state index >= 15 is 0 Å². The van der Waals surface area contributed by atoms with Crippen molar-refractivity contribution in [3.63, 3.8) is 0 Å². The van der Waals surface area contributed by atoms with Gasteiger partial charge in [-0.1, -0.05) is 18.2 Å². The lowest BCUT2D eigenvalue weighted by atomic mass is 9.52. The summed E-state index contributed by atoms with van der Waals surface area (Å²) in [6.45, 7) is 0. The molecule has 24 heavy (non-hydrogen) atoms. The Balaban J connectivity index is 1.57. The van der Waals surface area contributed by atoms with E-state index in [-0.39, 0.29) is 18.1 Å². The first-order valence-electron chi connectivity index (χ1n) is 8.77. The molecule has 1 amide bonds. The number of nitrogens with zero attached hydrogens (tertiary/aromatic N) is 3. The summed E-state index contributed by atoms with van der Waals surface area (Å²) in [6, 6.07) is 7.57. The minimum absolute atomic E-state index is 0.0161. The van der Waals surface area contributed by atoms with Crippen molar-refractivity contribution in [1.29, 1.82) is 5.26 Å². The first kappa shape index (κ1) is 14.2. The van der Waals surface area contributed by atoms with Gasteiger partial charge < -0.3 is 5.11 Å². The molecule has 0 aromatic heterocycles. The second-order valence-corrected chi connectivity index (χ2v) is 7.72. The number of hydrogen-bond acceptors (Lipinski definition) is 4. The molecule has 4 saturated carbocycles. The van der Waals surface area contributed by atoms with Crippen LogP contribution in [-0.4, -0.2) is 33.9 Å². The lowest BCUT2D eigenvalue weighted by Gasteiger charge is -2.58. The average Bonchev–Trinajstić information content (AvgIpc) is 2.85. The Morgan fingerprint density at radius 1 is 1.04 bits per heavy atom. The minimum Gasteiger partial charge on any atom is -0.393 e. The molecule has 4 fully saturated rings. The van der Waals surface area contributed by atoms with E-state index in [1.54, 1.807) is 0 Å². The van der Waals surface area contributed by atoms with Crippen LogP contribution in [0.3, 0.4) is 0 Å². The smallest absolute Gasteiger partial charge is 0.260 e. The molecular formula is C19H19N3O2. The third-order valence-electron chi connectivity index (χ3n) is 6.65. The number of hydrogen-bond donors (Lipinski definition) is 1. The summed E-state index contributed by atoms with van der Waals surface area (Å²) in [5.74, 6) is 2.12. The van der Waals surface area contributed by atoms with E-state index in [0.717, 1.165) is 31.2 Å². The molecule has 1 N–H and O–H groups in total. The number of fused-ring (bicyclic) bond motifs is 1. The van der Waals surface area contributed by atoms with Gasteiger partial charge in [0.25, 0.3) is 5.91 Å². The number of amidine groups is 1. The van der Waals surface area contributed by atoms with Gasteiger partial charge in [-0.25, -0.2) is 0 Å². The lowest BCUT2D eigenvalue weighted by Crippen LogP contribution is -2.61. The number of nitriles is 1. The predicted molar refractivity (Wildman–Crippen MR) is 87.0 cm³/mol. The molecule has 0 unspecified atom stereocenters. The Labute approximate surface area is 140 Å². The van der Waals surface area contributed by atoms with Crippen LogP contribution in [0.15, 0.2) is 29.3 Å². The maximum Gasteiger partial charge on any atom is 0.260 e. The Bertz CT molecular complexity index is 764. The van der Waals surface area contributed by atoms with Gasteiger partial charge in [-0.3, -0.25) is 9.69 Å². The largest absolute Gasteiger partial charge is 0.393 e. The summed E-state index contributed by atoms with van der Waals surface area (Å²) in [5, 5.41) is 19.5. The second kappa shape index (κ2) is 4.90. The molecule has 5 heteroatoms. The monoisotopic (exact) mass is 321 g/mol. The topological polar surface area (TPSA) is 76.7 Å². The predicted octanol–water partition coefficient (Wildman–Crippen LogP) is 2.17. The average molecular weight is 321 g/mol. The molecule has 0 atom stereocenters. The zero-order chi connectivity index (χ0) is 16.4. The fourth-order valence-electron chi connectivity index (χ4n) is 5.91. The number of carbonyl (C=O) groups is 1. The Morgan fingerprint density at radius 2 is 1.62 bits per heavy atom. The van der Waals surface area contributed by atoms with Crippen LogP contribution in [0.2, 0.25) is 0 Å². The first-order valence-corrected chi connectivity index (χ1v) is 8.77. The van der Waals surface area contributed by atoms with Crippen molar-refractivity contribution in [2.75, 3.05) is 0 Å². The normalized spacial score (nSPS) is 40.9. The van der Waals surface area contributed by atoms with Crippen LogP contribution < -0.4 is 0 Å². The maximum atomic E-state index is 13.1. The molecule has 1 aromatic rings. The maximum absolute atomic E-state index is 13.1. The van der Waals surface area contributed by atoms with Crippen molar-refractivity contribution in [2.45, 2.75) is 37.8 Å². The quantitative estimate of drug-likeness (QED) is 0.805. The second-order valence-electron chi connectivity index (χ2n) is 7.72. The molecule has 4 bridgehead atoms. The highest BCUT2D eigenvalue weighted by Crippen LogP contribution is 2.56. The number of carbonyl (C=O) groups excluding carboxylic acids is 1. The molecule has 5 aliphatic rings. The SMILES string of the molecule is N#CN=C1c2ccccc2C(=O)N1C1C2CC3CC1CC(C2)C3O. The van der Waals surface area contributed by atoms with Crippen molar-refractivity contribution in [2.24, 2.45) is 28.7 Å². The molecule has 1 aromatic carbocycles. The summed E-state index contributed by atoms with van der Waals surface area (Å²) < 4.78 is 0. The molecule has 5 nitrogen and oxygen atoms in total. The standard InChI is InChI=1S/C19H19N3O2/c20-9-21-18-14-3-1-2-4-15(14)19(24)22(18)16-10-5-12-7-11(16)8-13(6-10)17(12)23/h1-4,10-13,16-17,23H,5-8H2. The molecule has 0 spiro atoms. The summed E-state index contributed by atoms with van der Waals surface area (Å²) in [4.78, 5) is 18.9. The van der Waals surface area contributed by atoms with Gasteiger partial charge in [0, 0.05) is 11.6 Å². The van der Waals surface area contributed by atoms with Crippen molar-refractivity contribution in [1.82, 2.24) is 4.90 Å². The zero-order valence-corrected chi connectivity index (χ0v) is 13.3. The van der Waals surface area contributed by atoms with Crippen molar-refractivity contribution in [3.8, 4) is 6.19 Å². The lowest BCUT2D eigenvalue weighted by molar-refractivity contribution is -0.118. The van der Waals surface area contributed by atoms with E-state index in [2.05, 4.69) is 4.99 Å². The Morgan fingerprint density at radius 3 is 2.21 bits per heavy atom. The fourth-order valence-corrected chi connectivity index (χ4v) is 5.91. The van der Waals surface area contributed by atoms with Crippen LogP contribution >= 0.6 is 0 Å². The molecule has 4 aliphatic carbocycles. The van der Waals surface area contributed by atoms with Gasteiger partial charge in [-0.2, -0.15) is 10.3 Å². The highest BCUT2D eigenvalue weighted by atomic mass is 16.3. The molecule has 1 aliphatic heterocycles. The molecule has 122 valence electrons. The number of aliphatic hydroxyl groups excluding tert-OH is 1. The van der Waals surface area contributed by atoms with E-state index < -0.39 is 0 Å². The third kappa shape index (κ3) is 1.72. The molecule has 1 heterocycles. The van der Waals surface area contributed by atoms with Gasteiger partial charge in [0.2, 0.25) is 6.19 Å². The Hall–Kier alpha value is -2.19. The van der Waals surface area contributed by atoms with E-state index in [1.165, 1.54) is 0 Å². The third-order valence-corrected chi connectivity index (χ3v) is 6.65. The fraction of sp³-hybridized carbons (Fsp3) is 0.526. The van der Waals surface area contributed by atoms with Crippen LogP contribution in [0, 0.1) is 35.1 Å². The van der Waals surface area contributed by atoms with Gasteiger partial charge >= 0.3 is 0 Å². The number of aliphatic hydroxyl groups is 1. The molecular weight excluding hydrogens is 302 g/mol. The highest BCUT2D eigenvalue weighted by molar-refractivity contribution is 6.23. The highest BCUT2D eigenvalue weighted by Gasteiger charge is 2.56. The van der Waals surface area contributed by atoms with E-state index in [1.807, 2.05) is 35.4 Å². The van der Waals surface area contributed by atoms with Crippen LogP contribution in [0.4, 0.5) is 0 Å². The van der Waals surface area contributed by atoms with Gasteiger partial charge in [0.15, 0.2) is 5.84 Å². The van der Waals surface area contributed by atoms with Gasteiger partial charge in [-0.05, 0) is 55.4 Å². The van der Waals surface area contributed by atoms with Crippen molar-refractivity contribution < 1.29 is 9.90 Å².